The molecule has 1 saturated carbocycles. The third-order valence-corrected chi connectivity index (χ3v) is 4.09. The van der Waals surface area contributed by atoms with Gasteiger partial charge in [0.2, 0.25) is 5.91 Å². The van der Waals surface area contributed by atoms with E-state index < -0.39 is 17.8 Å². The molecule has 0 radical (unpaired) electrons. The normalized spacial score (nSPS) is 25.8. The van der Waals surface area contributed by atoms with Crippen LogP contribution in [0.3, 0.4) is 0 Å². The molecule has 0 aromatic carbocycles. The maximum Gasteiger partial charge on any atom is 0.307 e. The van der Waals surface area contributed by atoms with Gasteiger partial charge in [-0.15, -0.1) is 0 Å². The first-order chi connectivity index (χ1) is 9.68. The van der Waals surface area contributed by atoms with Gasteiger partial charge in [-0.05, 0) is 18.8 Å². The largest absolute Gasteiger partial charge is 0.481 e. The van der Waals surface area contributed by atoms with Crippen molar-refractivity contribution in [2.24, 2.45) is 17.8 Å². The SMILES string of the molecule is CC1CC(C(=O)O)C(C(=O)Nc2cc(C(C)(C)C)[nH]n2)C1. The van der Waals surface area contributed by atoms with E-state index in [0.717, 1.165) is 5.69 Å². The number of carbonyl (C=O) groups is 2. The molecular weight excluding hydrogens is 270 g/mol. The standard InChI is InChI=1S/C15H23N3O3/c1-8-5-9(10(6-8)14(20)21)13(19)16-12-7-11(17-18-12)15(2,3)4/h7-10H,5-6H2,1-4H3,(H,20,21)(H2,16,17,18,19). The predicted octanol–water partition coefficient (Wildman–Crippen LogP) is 2.39. The minimum atomic E-state index is -0.892. The molecule has 3 unspecified atom stereocenters. The van der Waals surface area contributed by atoms with Crippen molar-refractivity contribution in [3.63, 3.8) is 0 Å². The third-order valence-electron chi connectivity index (χ3n) is 4.09. The van der Waals surface area contributed by atoms with Crippen molar-refractivity contribution >= 4 is 17.7 Å². The van der Waals surface area contributed by atoms with Crippen LogP contribution in [-0.4, -0.2) is 27.2 Å². The van der Waals surface area contributed by atoms with Crippen LogP contribution in [0, 0.1) is 17.8 Å². The van der Waals surface area contributed by atoms with Crippen molar-refractivity contribution in [3.05, 3.63) is 11.8 Å². The van der Waals surface area contributed by atoms with E-state index in [1.807, 2.05) is 27.7 Å². The van der Waals surface area contributed by atoms with Crippen molar-refractivity contribution in [1.82, 2.24) is 10.2 Å². The maximum absolute atomic E-state index is 12.3. The molecule has 1 aromatic heterocycles. The Morgan fingerprint density at radius 2 is 1.95 bits per heavy atom. The van der Waals surface area contributed by atoms with E-state index in [0.29, 0.717) is 18.7 Å². The van der Waals surface area contributed by atoms with Gasteiger partial charge < -0.3 is 10.4 Å². The van der Waals surface area contributed by atoms with Gasteiger partial charge >= 0.3 is 5.97 Å². The maximum atomic E-state index is 12.3. The Morgan fingerprint density at radius 3 is 2.48 bits per heavy atom. The lowest BCUT2D eigenvalue weighted by atomic mass is 9.92. The van der Waals surface area contributed by atoms with E-state index in [1.165, 1.54) is 0 Å². The number of aromatic amines is 1. The second-order valence-electron chi connectivity index (χ2n) is 7.03. The fourth-order valence-electron chi connectivity index (χ4n) is 2.84. The smallest absolute Gasteiger partial charge is 0.307 e. The topological polar surface area (TPSA) is 95.1 Å². The average Bonchev–Trinajstić information content (AvgIpc) is 2.94. The molecule has 1 fully saturated rings. The number of hydrogen-bond acceptors (Lipinski definition) is 3. The molecule has 6 nitrogen and oxygen atoms in total. The summed E-state index contributed by atoms with van der Waals surface area (Å²) in [6.45, 7) is 8.12. The average molecular weight is 293 g/mol. The Bertz CT molecular complexity index is 545. The highest BCUT2D eigenvalue weighted by Gasteiger charge is 2.41. The van der Waals surface area contributed by atoms with Crippen molar-refractivity contribution in [3.8, 4) is 0 Å². The van der Waals surface area contributed by atoms with Gasteiger partial charge in [-0.25, -0.2) is 0 Å². The van der Waals surface area contributed by atoms with Gasteiger partial charge in [0.1, 0.15) is 0 Å². The zero-order valence-electron chi connectivity index (χ0n) is 12.9. The summed E-state index contributed by atoms with van der Waals surface area (Å²) in [5, 5.41) is 18.9. The van der Waals surface area contributed by atoms with Gasteiger partial charge in [-0.2, -0.15) is 5.10 Å². The van der Waals surface area contributed by atoms with Gasteiger partial charge in [0.25, 0.3) is 0 Å². The zero-order valence-corrected chi connectivity index (χ0v) is 12.9. The van der Waals surface area contributed by atoms with E-state index in [-0.39, 0.29) is 17.2 Å². The molecule has 2 rings (SSSR count). The summed E-state index contributed by atoms with van der Waals surface area (Å²) >= 11 is 0. The highest BCUT2D eigenvalue weighted by Crippen LogP contribution is 2.37. The van der Waals surface area contributed by atoms with Crippen LogP contribution in [0.15, 0.2) is 6.07 Å². The molecule has 3 N–H and O–H groups in total. The molecule has 116 valence electrons. The van der Waals surface area contributed by atoms with Crippen molar-refractivity contribution < 1.29 is 14.7 Å². The highest BCUT2D eigenvalue weighted by molar-refractivity contribution is 5.94. The molecule has 0 saturated heterocycles. The molecule has 21 heavy (non-hydrogen) atoms. The Hall–Kier alpha value is -1.85. The van der Waals surface area contributed by atoms with E-state index in [9.17, 15) is 14.7 Å². The number of carbonyl (C=O) groups excluding carboxylic acids is 1. The first-order valence-corrected chi connectivity index (χ1v) is 7.28. The number of carboxylic acids is 1. The molecule has 3 atom stereocenters. The van der Waals surface area contributed by atoms with Crippen LogP contribution < -0.4 is 5.32 Å². The van der Waals surface area contributed by atoms with Gasteiger partial charge in [-0.3, -0.25) is 14.7 Å². The van der Waals surface area contributed by atoms with Gasteiger partial charge in [0, 0.05) is 17.2 Å². The van der Waals surface area contributed by atoms with Crippen LogP contribution in [-0.2, 0) is 15.0 Å². The van der Waals surface area contributed by atoms with Crippen molar-refractivity contribution in [1.29, 1.82) is 0 Å². The number of rotatable bonds is 3. The van der Waals surface area contributed by atoms with Crippen LogP contribution in [0.5, 0.6) is 0 Å². The lowest BCUT2D eigenvalue weighted by Gasteiger charge is -2.15. The number of aromatic nitrogens is 2. The lowest BCUT2D eigenvalue weighted by molar-refractivity contribution is -0.145. The Labute approximate surface area is 124 Å². The van der Waals surface area contributed by atoms with Crippen LogP contribution in [0.2, 0.25) is 0 Å². The number of hydrogen-bond donors (Lipinski definition) is 3. The summed E-state index contributed by atoms with van der Waals surface area (Å²) in [4.78, 5) is 23.6. The van der Waals surface area contributed by atoms with E-state index in [4.69, 9.17) is 0 Å². The Balaban J connectivity index is 2.07. The van der Waals surface area contributed by atoms with E-state index in [2.05, 4.69) is 15.5 Å². The second-order valence-corrected chi connectivity index (χ2v) is 7.03. The predicted molar refractivity (Wildman–Crippen MR) is 78.9 cm³/mol. The lowest BCUT2D eigenvalue weighted by Crippen LogP contribution is -2.30. The van der Waals surface area contributed by atoms with E-state index in [1.54, 1.807) is 6.07 Å². The van der Waals surface area contributed by atoms with Crippen LogP contribution in [0.25, 0.3) is 0 Å². The third kappa shape index (κ3) is 3.43. The molecular formula is C15H23N3O3. The zero-order chi connectivity index (χ0) is 15.8. The molecule has 0 spiro atoms. The molecule has 1 amide bonds. The quantitative estimate of drug-likeness (QED) is 0.797. The monoisotopic (exact) mass is 293 g/mol. The van der Waals surface area contributed by atoms with Crippen LogP contribution >= 0.6 is 0 Å². The van der Waals surface area contributed by atoms with Crippen LogP contribution in [0.4, 0.5) is 5.82 Å². The van der Waals surface area contributed by atoms with Crippen molar-refractivity contribution in [2.75, 3.05) is 5.32 Å². The van der Waals surface area contributed by atoms with Crippen LogP contribution in [0.1, 0.15) is 46.2 Å². The molecule has 0 bridgehead atoms. The number of aliphatic carboxylic acids is 1. The van der Waals surface area contributed by atoms with Gasteiger partial charge in [0.05, 0.1) is 11.8 Å². The fraction of sp³-hybridized carbons (Fsp3) is 0.667. The van der Waals surface area contributed by atoms with E-state index >= 15 is 0 Å². The van der Waals surface area contributed by atoms with Gasteiger partial charge in [-0.1, -0.05) is 27.7 Å². The minimum absolute atomic E-state index is 0.0819. The molecule has 1 aliphatic carbocycles. The Kier molecular flexibility index (Phi) is 4.07. The highest BCUT2D eigenvalue weighted by atomic mass is 16.4. The van der Waals surface area contributed by atoms with Gasteiger partial charge in [0.15, 0.2) is 5.82 Å². The summed E-state index contributed by atoms with van der Waals surface area (Å²) in [5.41, 5.74) is 0.842. The Morgan fingerprint density at radius 1 is 1.33 bits per heavy atom. The summed E-state index contributed by atoms with van der Waals surface area (Å²) < 4.78 is 0. The minimum Gasteiger partial charge on any atom is -0.481 e. The summed E-state index contributed by atoms with van der Waals surface area (Å²) in [6.07, 6.45) is 1.17. The number of nitrogens with zero attached hydrogens (tertiary/aromatic N) is 1. The summed E-state index contributed by atoms with van der Waals surface area (Å²) in [6, 6.07) is 1.80. The molecule has 1 heterocycles. The summed E-state index contributed by atoms with van der Waals surface area (Å²) in [7, 11) is 0. The number of nitrogens with one attached hydrogen (secondary N) is 2. The first kappa shape index (κ1) is 15.5. The molecule has 6 heteroatoms. The molecule has 1 aliphatic rings. The molecule has 1 aromatic rings. The number of H-pyrrole nitrogens is 1. The summed E-state index contributed by atoms with van der Waals surface area (Å²) in [5.74, 6) is -1.51. The number of anilines is 1. The fourth-order valence-corrected chi connectivity index (χ4v) is 2.84. The number of carboxylic acid groups (broad SMARTS) is 1. The molecule has 0 aliphatic heterocycles. The first-order valence-electron chi connectivity index (χ1n) is 7.28. The van der Waals surface area contributed by atoms with Crippen molar-refractivity contribution in [2.45, 2.75) is 46.0 Å². The second kappa shape index (κ2) is 5.50. The number of amides is 1.